The molecule has 0 aromatic carbocycles. The van der Waals surface area contributed by atoms with Crippen molar-refractivity contribution in [3.8, 4) is 0 Å². The van der Waals surface area contributed by atoms with Crippen molar-refractivity contribution in [1.82, 2.24) is 25.5 Å². The lowest BCUT2D eigenvalue weighted by atomic mass is 9.92. The van der Waals surface area contributed by atoms with E-state index in [2.05, 4.69) is 25.2 Å². The van der Waals surface area contributed by atoms with Crippen molar-refractivity contribution < 1.29 is 14.2 Å². The van der Waals surface area contributed by atoms with Crippen LogP contribution in [0.1, 0.15) is 47.4 Å². The van der Waals surface area contributed by atoms with Crippen LogP contribution in [0.2, 0.25) is 0 Å². The fourth-order valence-electron chi connectivity index (χ4n) is 3.13. The Balaban J connectivity index is 1.37. The van der Waals surface area contributed by atoms with Crippen molar-refractivity contribution in [2.45, 2.75) is 39.2 Å². The molecule has 0 aliphatic carbocycles. The third-order valence-corrected chi connectivity index (χ3v) is 4.75. The first-order valence-electron chi connectivity index (χ1n) is 8.87. The molecule has 3 rings (SSSR count). The van der Waals surface area contributed by atoms with E-state index < -0.39 is 0 Å². The minimum absolute atomic E-state index is 0.0525. The summed E-state index contributed by atoms with van der Waals surface area (Å²) in [6.07, 6.45) is 6.59. The Morgan fingerprint density at radius 2 is 2.12 bits per heavy atom. The summed E-state index contributed by atoms with van der Waals surface area (Å²) in [4.78, 5) is 30.2. The summed E-state index contributed by atoms with van der Waals surface area (Å²) in [5.41, 5.74) is 1.80. The number of carbonyl (C=O) groups is 2. The molecule has 0 atom stereocenters. The van der Waals surface area contributed by atoms with Gasteiger partial charge in [0, 0.05) is 38.4 Å². The zero-order valence-corrected chi connectivity index (χ0v) is 14.9. The first-order valence-corrected chi connectivity index (χ1v) is 8.87. The van der Waals surface area contributed by atoms with Crippen molar-refractivity contribution in [3.63, 3.8) is 0 Å². The maximum atomic E-state index is 12.4. The number of aryl methyl sites for hydroxylation is 1. The number of likely N-dealkylation sites (tertiary alicyclic amines) is 1. The van der Waals surface area contributed by atoms with E-state index in [1.807, 2.05) is 12.1 Å². The maximum Gasteiger partial charge on any atom is 0.278 e. The zero-order valence-electron chi connectivity index (χ0n) is 14.9. The molecule has 0 saturated carbocycles. The van der Waals surface area contributed by atoms with Crippen molar-refractivity contribution >= 4 is 11.8 Å². The number of carbonyl (C=O) groups excluding carboxylic acids is 2. The lowest BCUT2D eigenvalue weighted by molar-refractivity contribution is -0.121. The van der Waals surface area contributed by atoms with Gasteiger partial charge in [-0.2, -0.15) is 0 Å². The summed E-state index contributed by atoms with van der Waals surface area (Å²) >= 11 is 0. The van der Waals surface area contributed by atoms with Gasteiger partial charge in [0.1, 0.15) is 5.69 Å². The smallest absolute Gasteiger partial charge is 0.278 e. The van der Waals surface area contributed by atoms with E-state index in [0.29, 0.717) is 43.4 Å². The average Bonchev–Trinajstić information content (AvgIpc) is 3.11. The summed E-state index contributed by atoms with van der Waals surface area (Å²) in [5, 5.41) is 10.3. The summed E-state index contributed by atoms with van der Waals surface area (Å²) < 4.78 is 4.60. The largest absolute Gasteiger partial charge is 0.352 e. The van der Waals surface area contributed by atoms with Gasteiger partial charge in [0.2, 0.25) is 5.91 Å². The van der Waals surface area contributed by atoms with E-state index in [1.54, 1.807) is 24.2 Å². The number of aromatic nitrogens is 3. The molecule has 3 heterocycles. The standard InChI is InChI=1S/C18H23N5O3/c1-13-17(22-26-21-13)18(25)23-9-6-14(7-10-23)4-5-16(24)20-12-15-3-2-8-19-11-15/h2-3,8,11,14H,4-7,9-10,12H2,1H3,(H,20,24). The van der Waals surface area contributed by atoms with Gasteiger partial charge in [0.25, 0.3) is 5.91 Å². The van der Waals surface area contributed by atoms with Gasteiger partial charge in [-0.25, -0.2) is 4.63 Å². The summed E-state index contributed by atoms with van der Waals surface area (Å²) in [7, 11) is 0. The van der Waals surface area contributed by atoms with Gasteiger partial charge < -0.3 is 10.2 Å². The lowest BCUT2D eigenvalue weighted by Crippen LogP contribution is -2.39. The van der Waals surface area contributed by atoms with Gasteiger partial charge in [-0.05, 0) is 48.9 Å². The molecule has 1 aliphatic heterocycles. The Morgan fingerprint density at radius 1 is 1.31 bits per heavy atom. The topological polar surface area (TPSA) is 101 Å². The van der Waals surface area contributed by atoms with Crippen molar-refractivity contribution in [1.29, 1.82) is 0 Å². The van der Waals surface area contributed by atoms with Gasteiger partial charge in [-0.1, -0.05) is 11.2 Å². The number of hydrogen-bond donors (Lipinski definition) is 1. The van der Waals surface area contributed by atoms with E-state index >= 15 is 0 Å². The SMILES string of the molecule is Cc1nonc1C(=O)N1CCC(CCC(=O)NCc2cccnc2)CC1. The predicted octanol–water partition coefficient (Wildman–Crippen LogP) is 1.72. The molecule has 1 fully saturated rings. The Labute approximate surface area is 151 Å². The quantitative estimate of drug-likeness (QED) is 0.845. The highest BCUT2D eigenvalue weighted by molar-refractivity contribution is 5.93. The van der Waals surface area contributed by atoms with Crippen molar-refractivity contribution in [3.05, 3.63) is 41.5 Å². The fourth-order valence-corrected chi connectivity index (χ4v) is 3.13. The molecule has 0 unspecified atom stereocenters. The normalized spacial score (nSPS) is 15.0. The third-order valence-electron chi connectivity index (χ3n) is 4.75. The molecule has 2 aromatic heterocycles. The summed E-state index contributed by atoms with van der Waals surface area (Å²) in [5.74, 6) is 0.382. The number of hydrogen-bond acceptors (Lipinski definition) is 6. The fraction of sp³-hybridized carbons (Fsp3) is 0.500. The van der Waals surface area contributed by atoms with Crippen LogP contribution in [-0.4, -0.2) is 45.1 Å². The highest BCUT2D eigenvalue weighted by Crippen LogP contribution is 2.23. The number of piperidine rings is 1. The molecule has 0 spiro atoms. The second-order valence-electron chi connectivity index (χ2n) is 6.61. The van der Waals surface area contributed by atoms with E-state index in [-0.39, 0.29) is 11.8 Å². The predicted molar refractivity (Wildman–Crippen MR) is 93.0 cm³/mol. The van der Waals surface area contributed by atoms with E-state index in [1.165, 1.54) is 0 Å². The van der Waals surface area contributed by atoms with Gasteiger partial charge in [0.05, 0.1) is 0 Å². The Hall–Kier alpha value is -2.77. The van der Waals surface area contributed by atoms with Gasteiger partial charge in [0.15, 0.2) is 5.69 Å². The molecule has 1 saturated heterocycles. The van der Waals surface area contributed by atoms with Crippen LogP contribution in [0.3, 0.4) is 0 Å². The van der Waals surface area contributed by atoms with Crippen LogP contribution in [0, 0.1) is 12.8 Å². The Kier molecular flexibility index (Phi) is 5.93. The molecule has 138 valence electrons. The molecule has 1 aliphatic rings. The molecular weight excluding hydrogens is 334 g/mol. The van der Waals surface area contributed by atoms with Crippen molar-refractivity contribution in [2.24, 2.45) is 5.92 Å². The van der Waals surface area contributed by atoms with Gasteiger partial charge >= 0.3 is 0 Å². The van der Waals surface area contributed by atoms with Crippen molar-refractivity contribution in [2.75, 3.05) is 13.1 Å². The Bertz CT molecular complexity index is 738. The second-order valence-corrected chi connectivity index (χ2v) is 6.61. The van der Waals surface area contributed by atoms with Crippen LogP contribution in [0.4, 0.5) is 0 Å². The van der Waals surface area contributed by atoms with Gasteiger partial charge in [-0.3, -0.25) is 14.6 Å². The molecule has 0 radical (unpaired) electrons. The van der Waals surface area contributed by atoms with E-state index in [0.717, 1.165) is 24.8 Å². The molecule has 8 nitrogen and oxygen atoms in total. The van der Waals surface area contributed by atoms with E-state index in [4.69, 9.17) is 0 Å². The van der Waals surface area contributed by atoms with Crippen LogP contribution in [0.5, 0.6) is 0 Å². The highest BCUT2D eigenvalue weighted by atomic mass is 16.6. The monoisotopic (exact) mass is 357 g/mol. The number of amides is 2. The molecular formula is C18H23N5O3. The second kappa shape index (κ2) is 8.55. The zero-order chi connectivity index (χ0) is 18.4. The lowest BCUT2D eigenvalue weighted by Gasteiger charge is -2.31. The minimum atomic E-state index is -0.128. The number of nitrogens with one attached hydrogen (secondary N) is 1. The number of rotatable bonds is 6. The Morgan fingerprint density at radius 3 is 2.77 bits per heavy atom. The summed E-state index contributed by atoms with van der Waals surface area (Å²) in [6, 6.07) is 3.79. The molecule has 2 amide bonds. The molecule has 26 heavy (non-hydrogen) atoms. The maximum absolute atomic E-state index is 12.4. The first kappa shape index (κ1) is 18.0. The number of pyridine rings is 1. The summed E-state index contributed by atoms with van der Waals surface area (Å²) in [6.45, 7) is 3.56. The van der Waals surface area contributed by atoms with Gasteiger partial charge in [-0.15, -0.1) is 0 Å². The molecule has 0 bridgehead atoms. The third kappa shape index (κ3) is 4.65. The van der Waals surface area contributed by atoms with Crippen LogP contribution < -0.4 is 5.32 Å². The molecule has 1 N–H and O–H groups in total. The van der Waals surface area contributed by atoms with Crippen LogP contribution in [-0.2, 0) is 11.3 Å². The first-order chi connectivity index (χ1) is 12.6. The van der Waals surface area contributed by atoms with E-state index in [9.17, 15) is 9.59 Å². The minimum Gasteiger partial charge on any atom is -0.352 e. The molecule has 2 aromatic rings. The number of nitrogens with zero attached hydrogens (tertiary/aromatic N) is 4. The van der Waals surface area contributed by atoms with Crippen LogP contribution >= 0.6 is 0 Å². The van der Waals surface area contributed by atoms with Crippen LogP contribution in [0.15, 0.2) is 29.2 Å². The van der Waals surface area contributed by atoms with Crippen LogP contribution in [0.25, 0.3) is 0 Å². The molecule has 8 heteroatoms. The highest BCUT2D eigenvalue weighted by Gasteiger charge is 2.27. The average molecular weight is 357 g/mol.